The maximum absolute atomic E-state index is 6.51. The lowest BCUT2D eigenvalue weighted by Gasteiger charge is -2.09. The van der Waals surface area contributed by atoms with Crippen molar-refractivity contribution in [1.29, 1.82) is 0 Å². The van der Waals surface area contributed by atoms with Crippen LogP contribution in [0.4, 0.5) is 0 Å². The predicted octanol–water partition coefficient (Wildman–Crippen LogP) is 13.2. The van der Waals surface area contributed by atoms with Crippen molar-refractivity contribution in [1.82, 2.24) is 24.9 Å². The molecule has 0 aliphatic carbocycles. The highest BCUT2D eigenvalue weighted by Crippen LogP contribution is 2.43. The lowest BCUT2D eigenvalue weighted by atomic mass is 10.0. The van der Waals surface area contributed by atoms with Crippen molar-refractivity contribution in [3.05, 3.63) is 164 Å². The first-order chi connectivity index (χ1) is 28.2. The van der Waals surface area contributed by atoms with E-state index in [2.05, 4.69) is 54.6 Å². The fraction of sp³-hybridized carbons (Fsp3) is 0. The zero-order chi connectivity index (χ0) is 37.5. The Hall–Kier alpha value is -7.55. The van der Waals surface area contributed by atoms with Crippen molar-refractivity contribution >= 4 is 75.5 Å². The number of furan rings is 2. The van der Waals surface area contributed by atoms with Crippen molar-refractivity contribution in [3.63, 3.8) is 0 Å². The molecule has 5 heterocycles. The Morgan fingerprint density at radius 1 is 0.368 bits per heavy atom. The van der Waals surface area contributed by atoms with E-state index in [1.807, 2.05) is 109 Å². The number of hydrogen-bond donors (Lipinski definition) is 0. The Morgan fingerprint density at radius 3 is 1.74 bits per heavy atom. The standard InChI is InChI=1S/C49H27N5O2S/c1-3-13-28(14-4-1)46-52-47(29-15-5-2-6-16-29)54-49(53-46)35-20-12-24-39-41(35)34-26-25-30(27-40(34)57-39)48-50-42-33-18-8-10-23-38(33)56-45(42)43(51-48)36-21-11-19-32-31-17-7-9-22-37(31)55-44(32)36/h1-27H. The van der Waals surface area contributed by atoms with Crippen LogP contribution in [0.25, 0.3) is 121 Å². The number of nitrogens with zero attached hydrogens (tertiary/aromatic N) is 5. The molecule has 0 N–H and O–H groups in total. The topological polar surface area (TPSA) is 90.7 Å². The highest BCUT2D eigenvalue weighted by molar-refractivity contribution is 7.26. The Labute approximate surface area is 328 Å². The Balaban J connectivity index is 1.05. The molecule has 12 aromatic rings. The molecular formula is C49H27N5O2S. The van der Waals surface area contributed by atoms with Crippen LogP contribution >= 0.6 is 11.3 Å². The molecule has 57 heavy (non-hydrogen) atoms. The van der Waals surface area contributed by atoms with Crippen LogP contribution in [0.15, 0.2) is 173 Å². The molecule has 8 heteroatoms. The van der Waals surface area contributed by atoms with Gasteiger partial charge in [-0.25, -0.2) is 24.9 Å². The minimum Gasteiger partial charge on any atom is -0.455 e. The van der Waals surface area contributed by atoms with Crippen LogP contribution in [0.3, 0.4) is 0 Å². The van der Waals surface area contributed by atoms with Crippen molar-refractivity contribution in [2.24, 2.45) is 0 Å². The molecule has 0 saturated carbocycles. The fourth-order valence-electron chi connectivity index (χ4n) is 7.92. The van der Waals surface area contributed by atoms with Gasteiger partial charge in [-0.05, 0) is 36.4 Å². The molecule has 0 amide bonds. The molecule has 7 aromatic carbocycles. The molecular weight excluding hydrogens is 723 g/mol. The van der Waals surface area contributed by atoms with Gasteiger partial charge in [0, 0.05) is 64.1 Å². The summed E-state index contributed by atoms with van der Waals surface area (Å²) in [4.78, 5) is 25.5. The summed E-state index contributed by atoms with van der Waals surface area (Å²) < 4.78 is 15.3. The minimum absolute atomic E-state index is 0.606. The third-order valence-electron chi connectivity index (χ3n) is 10.6. The zero-order valence-corrected chi connectivity index (χ0v) is 30.9. The number of benzene rings is 7. The van der Waals surface area contributed by atoms with Gasteiger partial charge in [-0.1, -0.05) is 127 Å². The molecule has 0 saturated heterocycles. The molecule has 5 aromatic heterocycles. The summed E-state index contributed by atoms with van der Waals surface area (Å²) in [7, 11) is 0. The molecule has 0 aliphatic rings. The average Bonchev–Trinajstić information content (AvgIpc) is 3.98. The summed E-state index contributed by atoms with van der Waals surface area (Å²) in [5.41, 5.74) is 9.00. The molecule has 7 nitrogen and oxygen atoms in total. The van der Waals surface area contributed by atoms with Gasteiger partial charge in [-0.2, -0.15) is 0 Å². The van der Waals surface area contributed by atoms with Crippen molar-refractivity contribution in [3.8, 4) is 56.8 Å². The van der Waals surface area contributed by atoms with E-state index in [9.17, 15) is 0 Å². The van der Waals surface area contributed by atoms with Gasteiger partial charge in [0.2, 0.25) is 0 Å². The number of para-hydroxylation sites is 3. The molecule has 0 bridgehead atoms. The van der Waals surface area contributed by atoms with Gasteiger partial charge in [-0.3, -0.25) is 0 Å². The van der Waals surface area contributed by atoms with Crippen LogP contribution in [-0.2, 0) is 0 Å². The van der Waals surface area contributed by atoms with Gasteiger partial charge in [-0.15, -0.1) is 11.3 Å². The molecule has 0 radical (unpaired) electrons. The summed E-state index contributed by atoms with van der Waals surface area (Å²) in [5, 5.41) is 5.23. The third-order valence-corrected chi connectivity index (χ3v) is 11.7. The lowest BCUT2D eigenvalue weighted by Crippen LogP contribution is -2.00. The average molecular weight is 750 g/mol. The smallest absolute Gasteiger partial charge is 0.180 e. The normalized spacial score (nSPS) is 11.9. The molecule has 266 valence electrons. The van der Waals surface area contributed by atoms with Gasteiger partial charge < -0.3 is 8.83 Å². The first-order valence-corrected chi connectivity index (χ1v) is 19.5. The Morgan fingerprint density at radius 2 is 0.965 bits per heavy atom. The summed E-state index contributed by atoms with van der Waals surface area (Å²) in [5.74, 6) is 2.50. The monoisotopic (exact) mass is 749 g/mol. The van der Waals surface area contributed by atoms with Crippen LogP contribution in [0.5, 0.6) is 0 Å². The SMILES string of the molecule is c1ccc(-c2nc(-c3ccccc3)nc(-c3cccc4sc5cc(-c6nc(-c7cccc8c7oc7ccccc78)c7oc8ccccc8c7n6)ccc5c34)n2)cc1. The molecule has 0 fully saturated rings. The summed E-state index contributed by atoms with van der Waals surface area (Å²) in [6, 6.07) is 55.3. The minimum atomic E-state index is 0.606. The summed E-state index contributed by atoms with van der Waals surface area (Å²) >= 11 is 1.73. The van der Waals surface area contributed by atoms with Gasteiger partial charge in [0.1, 0.15) is 28.0 Å². The van der Waals surface area contributed by atoms with E-state index in [1.165, 1.54) is 0 Å². The van der Waals surface area contributed by atoms with Crippen molar-refractivity contribution < 1.29 is 8.83 Å². The second-order valence-electron chi connectivity index (χ2n) is 14.0. The van der Waals surface area contributed by atoms with E-state index in [4.69, 9.17) is 33.8 Å². The molecule has 0 aliphatic heterocycles. The van der Waals surface area contributed by atoms with Crippen LogP contribution in [0.1, 0.15) is 0 Å². The second kappa shape index (κ2) is 12.5. The largest absolute Gasteiger partial charge is 0.455 e. The molecule has 0 unspecified atom stereocenters. The zero-order valence-electron chi connectivity index (χ0n) is 30.0. The molecule has 0 atom stereocenters. The highest BCUT2D eigenvalue weighted by Gasteiger charge is 2.23. The first kappa shape index (κ1) is 31.8. The number of aromatic nitrogens is 5. The van der Waals surface area contributed by atoms with E-state index in [0.717, 1.165) is 86.4 Å². The molecule has 0 spiro atoms. The maximum atomic E-state index is 6.51. The lowest BCUT2D eigenvalue weighted by molar-refractivity contribution is 0.663. The van der Waals surface area contributed by atoms with E-state index < -0.39 is 0 Å². The summed E-state index contributed by atoms with van der Waals surface area (Å²) in [6.45, 7) is 0. The summed E-state index contributed by atoms with van der Waals surface area (Å²) in [6.07, 6.45) is 0. The van der Waals surface area contributed by atoms with Gasteiger partial charge in [0.25, 0.3) is 0 Å². The third kappa shape index (κ3) is 5.08. The number of thiophene rings is 1. The van der Waals surface area contributed by atoms with Crippen molar-refractivity contribution in [2.75, 3.05) is 0 Å². The number of rotatable bonds is 5. The molecule has 12 rings (SSSR count). The highest BCUT2D eigenvalue weighted by atomic mass is 32.1. The number of fused-ring (bicyclic) bond motifs is 9. The Kier molecular flexibility index (Phi) is 6.96. The first-order valence-electron chi connectivity index (χ1n) is 18.7. The Bertz CT molecular complexity index is 3480. The quantitative estimate of drug-likeness (QED) is 0.173. The van der Waals surface area contributed by atoms with E-state index in [1.54, 1.807) is 11.3 Å². The van der Waals surface area contributed by atoms with Crippen LogP contribution in [0, 0.1) is 0 Å². The van der Waals surface area contributed by atoms with Crippen molar-refractivity contribution in [2.45, 2.75) is 0 Å². The van der Waals surface area contributed by atoms with E-state index in [0.29, 0.717) is 34.6 Å². The van der Waals surface area contributed by atoms with Gasteiger partial charge in [0.05, 0.1) is 0 Å². The van der Waals surface area contributed by atoms with Crippen LogP contribution in [0.2, 0.25) is 0 Å². The fourth-order valence-corrected chi connectivity index (χ4v) is 9.09. The van der Waals surface area contributed by atoms with E-state index >= 15 is 0 Å². The van der Waals surface area contributed by atoms with Gasteiger partial charge in [0.15, 0.2) is 28.9 Å². The van der Waals surface area contributed by atoms with E-state index in [-0.39, 0.29) is 0 Å². The van der Waals surface area contributed by atoms with Gasteiger partial charge >= 0.3 is 0 Å². The predicted molar refractivity (Wildman–Crippen MR) is 230 cm³/mol. The maximum Gasteiger partial charge on any atom is 0.180 e. The van der Waals surface area contributed by atoms with Crippen LogP contribution < -0.4 is 0 Å². The second-order valence-corrected chi connectivity index (χ2v) is 15.1. The van der Waals surface area contributed by atoms with Crippen LogP contribution in [-0.4, -0.2) is 24.9 Å². The number of hydrogen-bond acceptors (Lipinski definition) is 8.